The molecule has 0 aliphatic carbocycles. The third-order valence-electron chi connectivity index (χ3n) is 4.29. The molecule has 0 atom stereocenters. The number of para-hydroxylation sites is 1. The van der Waals surface area contributed by atoms with Crippen LogP contribution in [0, 0.1) is 0 Å². The van der Waals surface area contributed by atoms with Gasteiger partial charge in [-0.3, -0.25) is 4.90 Å². The second-order valence-electron chi connectivity index (χ2n) is 5.70. The van der Waals surface area contributed by atoms with E-state index in [0.29, 0.717) is 0 Å². The van der Waals surface area contributed by atoms with Crippen molar-refractivity contribution in [3.05, 3.63) is 59.9 Å². The Morgan fingerprint density at radius 1 is 1.05 bits per heavy atom. The van der Waals surface area contributed by atoms with Crippen LogP contribution in [-0.4, -0.2) is 28.1 Å². The molecular weight excluding hydrogens is 274 g/mol. The van der Waals surface area contributed by atoms with E-state index in [2.05, 4.69) is 45.9 Å². The maximum Gasteiger partial charge on any atom is 0.146 e. The van der Waals surface area contributed by atoms with Crippen LogP contribution < -0.4 is 4.74 Å². The molecule has 0 spiro atoms. The van der Waals surface area contributed by atoms with Gasteiger partial charge in [0.2, 0.25) is 0 Å². The summed E-state index contributed by atoms with van der Waals surface area (Å²) in [6, 6.07) is 16.8. The molecule has 22 heavy (non-hydrogen) atoms. The van der Waals surface area contributed by atoms with Crippen LogP contribution in [0.25, 0.3) is 11.0 Å². The van der Waals surface area contributed by atoms with Crippen molar-refractivity contribution in [1.82, 2.24) is 14.5 Å². The standard InChI is InChI=1S/C18H19N3O/c1-22-16-9-5-8-15-18(16)19-17-13-20(10-11-21(15)17)12-14-6-3-2-4-7-14/h2-9H,10-13H2,1H3. The van der Waals surface area contributed by atoms with Crippen LogP contribution in [0.4, 0.5) is 0 Å². The van der Waals surface area contributed by atoms with Gasteiger partial charge in [0.1, 0.15) is 17.1 Å². The second kappa shape index (κ2) is 5.46. The highest BCUT2D eigenvalue weighted by Gasteiger charge is 2.21. The number of hydrogen-bond acceptors (Lipinski definition) is 3. The van der Waals surface area contributed by atoms with Crippen LogP contribution in [0.5, 0.6) is 5.75 Å². The maximum atomic E-state index is 5.44. The Hall–Kier alpha value is -2.33. The molecule has 4 nitrogen and oxygen atoms in total. The number of rotatable bonds is 3. The maximum absolute atomic E-state index is 5.44. The number of ether oxygens (including phenoxy) is 1. The lowest BCUT2D eigenvalue weighted by molar-refractivity contribution is 0.211. The molecule has 0 fully saturated rings. The van der Waals surface area contributed by atoms with Crippen molar-refractivity contribution < 1.29 is 4.74 Å². The van der Waals surface area contributed by atoms with E-state index in [-0.39, 0.29) is 0 Å². The van der Waals surface area contributed by atoms with Gasteiger partial charge in [0.15, 0.2) is 0 Å². The summed E-state index contributed by atoms with van der Waals surface area (Å²) in [4.78, 5) is 7.26. The Labute approximate surface area is 130 Å². The Kier molecular flexibility index (Phi) is 3.31. The summed E-state index contributed by atoms with van der Waals surface area (Å²) < 4.78 is 7.76. The smallest absolute Gasteiger partial charge is 0.146 e. The van der Waals surface area contributed by atoms with E-state index in [9.17, 15) is 0 Å². The predicted molar refractivity (Wildman–Crippen MR) is 86.8 cm³/mol. The van der Waals surface area contributed by atoms with E-state index < -0.39 is 0 Å². The molecule has 0 unspecified atom stereocenters. The summed E-state index contributed by atoms with van der Waals surface area (Å²) in [5.74, 6) is 1.98. The number of nitrogens with zero attached hydrogens (tertiary/aromatic N) is 3. The third kappa shape index (κ3) is 2.25. The van der Waals surface area contributed by atoms with Gasteiger partial charge in [-0.25, -0.2) is 4.98 Å². The summed E-state index contributed by atoms with van der Waals surface area (Å²) in [7, 11) is 1.70. The number of aromatic nitrogens is 2. The molecule has 1 aromatic heterocycles. The van der Waals surface area contributed by atoms with Crippen LogP contribution >= 0.6 is 0 Å². The van der Waals surface area contributed by atoms with Gasteiger partial charge in [-0.05, 0) is 17.7 Å². The van der Waals surface area contributed by atoms with Crippen LogP contribution in [0.2, 0.25) is 0 Å². The molecule has 4 rings (SSSR count). The molecule has 0 amide bonds. The van der Waals surface area contributed by atoms with E-state index >= 15 is 0 Å². The fourth-order valence-electron chi connectivity index (χ4n) is 3.20. The van der Waals surface area contributed by atoms with Crippen LogP contribution in [0.1, 0.15) is 11.4 Å². The zero-order valence-electron chi connectivity index (χ0n) is 12.7. The molecule has 0 saturated heterocycles. The molecule has 0 bridgehead atoms. The van der Waals surface area contributed by atoms with Crippen LogP contribution in [-0.2, 0) is 19.6 Å². The van der Waals surface area contributed by atoms with Crippen molar-refractivity contribution in [2.24, 2.45) is 0 Å². The van der Waals surface area contributed by atoms with Crippen molar-refractivity contribution >= 4 is 11.0 Å². The molecule has 1 aliphatic heterocycles. The zero-order valence-corrected chi connectivity index (χ0v) is 12.7. The topological polar surface area (TPSA) is 30.3 Å². The van der Waals surface area contributed by atoms with Crippen molar-refractivity contribution in [2.75, 3.05) is 13.7 Å². The van der Waals surface area contributed by atoms with E-state index in [1.54, 1.807) is 7.11 Å². The molecular formula is C18H19N3O. The van der Waals surface area contributed by atoms with Gasteiger partial charge >= 0.3 is 0 Å². The first-order chi connectivity index (χ1) is 10.8. The van der Waals surface area contributed by atoms with Crippen molar-refractivity contribution in [3.8, 4) is 5.75 Å². The summed E-state index contributed by atoms with van der Waals surface area (Å²) in [5.41, 5.74) is 3.50. The minimum absolute atomic E-state index is 0.856. The molecule has 3 aromatic rings. The van der Waals surface area contributed by atoms with Gasteiger partial charge in [0, 0.05) is 19.6 Å². The van der Waals surface area contributed by atoms with E-state index in [4.69, 9.17) is 9.72 Å². The number of hydrogen-bond donors (Lipinski definition) is 0. The normalized spacial score (nSPS) is 15.0. The second-order valence-corrected chi connectivity index (χ2v) is 5.70. The average molecular weight is 293 g/mol. The fourth-order valence-corrected chi connectivity index (χ4v) is 3.20. The third-order valence-corrected chi connectivity index (χ3v) is 4.29. The number of imidazole rings is 1. The molecule has 0 radical (unpaired) electrons. The van der Waals surface area contributed by atoms with E-state index in [1.807, 2.05) is 12.1 Å². The lowest BCUT2D eigenvalue weighted by Crippen LogP contribution is -2.33. The predicted octanol–water partition coefficient (Wildman–Crippen LogP) is 3.06. The van der Waals surface area contributed by atoms with Gasteiger partial charge in [0.05, 0.1) is 19.2 Å². The Morgan fingerprint density at radius 2 is 1.91 bits per heavy atom. The van der Waals surface area contributed by atoms with Gasteiger partial charge in [0.25, 0.3) is 0 Å². The zero-order chi connectivity index (χ0) is 14.9. The van der Waals surface area contributed by atoms with Gasteiger partial charge in [-0.15, -0.1) is 0 Å². The molecule has 4 heteroatoms. The van der Waals surface area contributed by atoms with Gasteiger partial charge in [-0.1, -0.05) is 36.4 Å². The lowest BCUT2D eigenvalue weighted by atomic mass is 10.2. The van der Waals surface area contributed by atoms with Crippen molar-refractivity contribution in [3.63, 3.8) is 0 Å². The average Bonchev–Trinajstić information content (AvgIpc) is 2.93. The summed E-state index contributed by atoms with van der Waals surface area (Å²) in [6.45, 7) is 3.88. The molecule has 112 valence electrons. The highest BCUT2D eigenvalue weighted by molar-refractivity contribution is 5.82. The lowest BCUT2D eigenvalue weighted by Gasteiger charge is -2.27. The number of benzene rings is 2. The van der Waals surface area contributed by atoms with E-state index in [0.717, 1.165) is 43.3 Å². The minimum atomic E-state index is 0.856. The first-order valence-electron chi connectivity index (χ1n) is 7.63. The summed E-state index contributed by atoms with van der Waals surface area (Å²) >= 11 is 0. The van der Waals surface area contributed by atoms with E-state index in [1.165, 1.54) is 11.1 Å². The molecule has 2 aromatic carbocycles. The number of fused-ring (bicyclic) bond motifs is 3. The number of methoxy groups -OCH3 is 1. The Morgan fingerprint density at radius 3 is 2.73 bits per heavy atom. The summed E-state index contributed by atoms with van der Waals surface area (Å²) in [5, 5.41) is 0. The van der Waals surface area contributed by atoms with Gasteiger partial charge < -0.3 is 9.30 Å². The first-order valence-corrected chi connectivity index (χ1v) is 7.63. The fraction of sp³-hybridized carbons (Fsp3) is 0.278. The van der Waals surface area contributed by atoms with Gasteiger partial charge in [-0.2, -0.15) is 0 Å². The minimum Gasteiger partial charge on any atom is -0.494 e. The summed E-state index contributed by atoms with van der Waals surface area (Å²) in [6.07, 6.45) is 0. The monoisotopic (exact) mass is 293 g/mol. The van der Waals surface area contributed by atoms with Crippen molar-refractivity contribution in [2.45, 2.75) is 19.6 Å². The highest BCUT2D eigenvalue weighted by atomic mass is 16.5. The Bertz CT molecular complexity index is 795. The Balaban J connectivity index is 1.63. The van der Waals surface area contributed by atoms with Crippen LogP contribution in [0.15, 0.2) is 48.5 Å². The molecule has 0 saturated carbocycles. The highest BCUT2D eigenvalue weighted by Crippen LogP contribution is 2.28. The largest absolute Gasteiger partial charge is 0.494 e. The molecule has 0 N–H and O–H groups in total. The first kappa shape index (κ1) is 13.3. The SMILES string of the molecule is COc1cccc2c1nc1n2CCN(Cc2ccccc2)C1. The van der Waals surface area contributed by atoms with Crippen molar-refractivity contribution in [1.29, 1.82) is 0 Å². The molecule has 2 heterocycles. The van der Waals surface area contributed by atoms with Crippen LogP contribution in [0.3, 0.4) is 0 Å². The molecule has 1 aliphatic rings. The quantitative estimate of drug-likeness (QED) is 0.743.